The lowest BCUT2D eigenvalue weighted by molar-refractivity contribution is -0.136. The average Bonchev–Trinajstić information content (AvgIpc) is 3.69. The normalized spacial score (nSPS) is 23.6. The molecule has 7 heterocycles. The van der Waals surface area contributed by atoms with Crippen LogP contribution in [0.15, 0.2) is 54.7 Å². The molecule has 3 amide bonds. The molecule has 0 saturated carbocycles. The Balaban J connectivity index is 0.809. The fourth-order valence-electron chi connectivity index (χ4n) is 8.67. The highest BCUT2D eigenvalue weighted by Crippen LogP contribution is 2.44. The van der Waals surface area contributed by atoms with E-state index < -0.39 is 23.5 Å². The number of hydrogen-bond donors (Lipinski definition) is 3. The number of para-hydroxylation sites is 1. The molecular formula is C40H42FN9O5. The van der Waals surface area contributed by atoms with Gasteiger partial charge in [0.15, 0.2) is 17.4 Å². The summed E-state index contributed by atoms with van der Waals surface area (Å²) in [5.41, 5.74) is 6.01. The maximum absolute atomic E-state index is 14.1. The van der Waals surface area contributed by atoms with Crippen molar-refractivity contribution in [2.24, 2.45) is 0 Å². The largest absolute Gasteiger partial charge is 0.504 e. The molecule has 15 heteroatoms. The Morgan fingerprint density at radius 3 is 2.67 bits per heavy atom. The molecule has 284 valence electrons. The van der Waals surface area contributed by atoms with Crippen molar-refractivity contribution in [3.05, 3.63) is 82.8 Å². The molecule has 3 atom stereocenters. The van der Waals surface area contributed by atoms with E-state index >= 15 is 0 Å². The number of nitrogens with zero attached hydrogens (tertiary/aromatic N) is 7. The van der Waals surface area contributed by atoms with Gasteiger partial charge in [-0.1, -0.05) is 12.1 Å². The van der Waals surface area contributed by atoms with E-state index in [1.165, 1.54) is 12.1 Å². The van der Waals surface area contributed by atoms with Crippen LogP contribution in [0.3, 0.4) is 0 Å². The molecule has 2 aromatic heterocycles. The van der Waals surface area contributed by atoms with Crippen molar-refractivity contribution < 1.29 is 28.6 Å². The summed E-state index contributed by atoms with van der Waals surface area (Å²) >= 11 is 0. The van der Waals surface area contributed by atoms with Crippen molar-refractivity contribution in [1.82, 2.24) is 30.3 Å². The summed E-state index contributed by atoms with van der Waals surface area (Å²) in [7, 11) is 0. The number of nitrogens with one attached hydrogen (secondary N) is 2. The number of anilines is 3. The summed E-state index contributed by atoms with van der Waals surface area (Å²) in [5.74, 6) is -0.793. The van der Waals surface area contributed by atoms with Crippen molar-refractivity contribution in [2.45, 2.75) is 63.9 Å². The van der Waals surface area contributed by atoms with Crippen LogP contribution in [0.2, 0.25) is 0 Å². The van der Waals surface area contributed by atoms with E-state index in [2.05, 4.69) is 55.4 Å². The molecule has 55 heavy (non-hydrogen) atoms. The van der Waals surface area contributed by atoms with E-state index in [0.29, 0.717) is 49.0 Å². The van der Waals surface area contributed by atoms with Gasteiger partial charge in [-0.05, 0) is 67.3 Å². The number of ether oxygens (including phenoxy) is 1. The number of aromatic nitrogens is 3. The number of rotatable bonds is 7. The van der Waals surface area contributed by atoms with Crippen molar-refractivity contribution >= 4 is 34.9 Å². The number of phenols is 1. The summed E-state index contributed by atoms with van der Waals surface area (Å²) in [4.78, 5) is 50.7. The predicted molar refractivity (Wildman–Crippen MR) is 201 cm³/mol. The molecule has 0 spiro atoms. The highest BCUT2D eigenvalue weighted by molar-refractivity contribution is 6.05. The molecule has 2 aromatic carbocycles. The van der Waals surface area contributed by atoms with Gasteiger partial charge >= 0.3 is 0 Å². The van der Waals surface area contributed by atoms with Crippen molar-refractivity contribution in [2.75, 3.05) is 54.4 Å². The number of halogens is 1. The molecule has 3 saturated heterocycles. The molecule has 4 aromatic rings. The van der Waals surface area contributed by atoms with E-state index in [0.717, 1.165) is 67.2 Å². The highest BCUT2D eigenvalue weighted by Gasteiger charge is 2.47. The Morgan fingerprint density at radius 1 is 1.04 bits per heavy atom. The lowest BCUT2D eigenvalue weighted by Crippen LogP contribution is -2.52. The minimum Gasteiger partial charge on any atom is -0.504 e. The number of piperidine rings is 1. The number of phenolic OH excluding ortho intramolecular Hbond substituents is 1. The topological polar surface area (TPSA) is 156 Å². The second-order valence-corrected chi connectivity index (χ2v) is 15.5. The Bertz CT molecular complexity index is 2230. The molecule has 0 radical (unpaired) electrons. The lowest BCUT2D eigenvalue weighted by Gasteiger charge is -2.41. The molecule has 0 unspecified atom stereocenters. The summed E-state index contributed by atoms with van der Waals surface area (Å²) in [6, 6.07) is 13.6. The van der Waals surface area contributed by atoms with Crippen LogP contribution in [-0.4, -0.2) is 105 Å². The maximum atomic E-state index is 14.1. The number of piperazine rings is 1. The van der Waals surface area contributed by atoms with E-state index in [4.69, 9.17) is 9.72 Å². The molecular weight excluding hydrogens is 705 g/mol. The third-order valence-electron chi connectivity index (χ3n) is 11.8. The van der Waals surface area contributed by atoms with Crippen molar-refractivity contribution in [1.29, 1.82) is 0 Å². The van der Waals surface area contributed by atoms with Gasteiger partial charge in [0.2, 0.25) is 17.7 Å². The van der Waals surface area contributed by atoms with Crippen molar-refractivity contribution in [3.8, 4) is 22.9 Å². The zero-order valence-corrected chi connectivity index (χ0v) is 30.7. The molecule has 5 aliphatic rings. The van der Waals surface area contributed by atoms with Crippen LogP contribution >= 0.6 is 0 Å². The number of amides is 3. The van der Waals surface area contributed by atoms with Gasteiger partial charge in [0.1, 0.15) is 12.1 Å². The van der Waals surface area contributed by atoms with Gasteiger partial charge in [-0.2, -0.15) is 0 Å². The summed E-state index contributed by atoms with van der Waals surface area (Å²) in [6.45, 7) is 9.98. The monoisotopic (exact) mass is 747 g/mol. The number of aryl methyl sites for hydroxylation is 1. The average molecular weight is 748 g/mol. The second kappa shape index (κ2) is 13.5. The van der Waals surface area contributed by atoms with Gasteiger partial charge in [-0.3, -0.25) is 24.6 Å². The van der Waals surface area contributed by atoms with Crippen LogP contribution in [0.1, 0.15) is 53.2 Å². The first-order valence-electron chi connectivity index (χ1n) is 18.8. The summed E-state index contributed by atoms with van der Waals surface area (Å²) < 4.78 is 20.6. The number of fused-ring (bicyclic) bond motifs is 4. The Hall–Kier alpha value is -5.83. The Morgan fingerprint density at radius 2 is 1.87 bits per heavy atom. The van der Waals surface area contributed by atoms with E-state index in [1.54, 1.807) is 11.0 Å². The van der Waals surface area contributed by atoms with Crippen molar-refractivity contribution in [3.63, 3.8) is 0 Å². The summed E-state index contributed by atoms with van der Waals surface area (Å²) in [5, 5.41) is 24.7. The van der Waals surface area contributed by atoms with E-state index in [-0.39, 0.29) is 35.4 Å². The van der Waals surface area contributed by atoms with Crippen LogP contribution in [0.25, 0.3) is 11.3 Å². The van der Waals surface area contributed by atoms with E-state index in [1.807, 2.05) is 30.5 Å². The number of pyridine rings is 1. The number of benzene rings is 2. The fraction of sp³-hybridized carbons (Fsp3) is 0.400. The van der Waals surface area contributed by atoms with Gasteiger partial charge in [0.05, 0.1) is 23.5 Å². The van der Waals surface area contributed by atoms with Crippen LogP contribution < -0.4 is 25.2 Å². The third-order valence-corrected chi connectivity index (χ3v) is 11.8. The first kappa shape index (κ1) is 34.9. The quantitative estimate of drug-likeness (QED) is 0.237. The van der Waals surface area contributed by atoms with Gasteiger partial charge in [0, 0.05) is 87.7 Å². The number of hydrogen-bond acceptors (Lipinski definition) is 12. The molecule has 14 nitrogen and oxygen atoms in total. The van der Waals surface area contributed by atoms with Gasteiger partial charge in [-0.25, -0.2) is 9.37 Å². The van der Waals surface area contributed by atoms with Gasteiger partial charge in [0.25, 0.3) is 5.91 Å². The fourth-order valence-corrected chi connectivity index (χ4v) is 8.67. The molecule has 5 aliphatic heterocycles. The minimum absolute atomic E-state index is 0.127. The Kier molecular flexibility index (Phi) is 8.56. The smallest absolute Gasteiger partial charge is 0.255 e. The number of carbonyl (C=O) groups excluding carboxylic acids is 3. The zero-order valence-electron chi connectivity index (χ0n) is 30.7. The van der Waals surface area contributed by atoms with E-state index in [9.17, 15) is 23.9 Å². The van der Waals surface area contributed by atoms with Gasteiger partial charge in [-0.15, -0.1) is 10.2 Å². The zero-order chi connectivity index (χ0) is 38.0. The highest BCUT2D eigenvalue weighted by atomic mass is 19.1. The summed E-state index contributed by atoms with van der Waals surface area (Å²) in [6.07, 6.45) is 3.12. The van der Waals surface area contributed by atoms with Crippen LogP contribution in [-0.2, 0) is 22.7 Å². The third kappa shape index (κ3) is 6.35. The van der Waals surface area contributed by atoms with Crippen LogP contribution in [0.4, 0.5) is 21.6 Å². The Labute approximate surface area is 317 Å². The first-order chi connectivity index (χ1) is 26.5. The number of carbonyl (C=O) groups is 3. The first-order valence-corrected chi connectivity index (χ1v) is 18.8. The van der Waals surface area contributed by atoms with Crippen LogP contribution in [0.5, 0.6) is 11.6 Å². The molecule has 3 fully saturated rings. The van der Waals surface area contributed by atoms with Gasteiger partial charge < -0.3 is 29.9 Å². The predicted octanol–water partition coefficient (Wildman–Crippen LogP) is 3.62. The SMILES string of the molecule is Cc1cc(O[C@H]2CN3c4cc(-c5cccc(F)c5O)nnc4NC[C@@]3(C)C2)ncc1CN1CCN(c2ccc3c(c2)C(=O)N([C@H]2CCC(=O)NC2=O)C3)CC1. The molecule has 3 N–H and O–H groups in total. The number of imide groups is 1. The minimum atomic E-state index is -0.708. The molecule has 9 rings (SSSR count). The standard InChI is InChI=1S/C40H42FN9O5/c1-23-14-35(55-27-17-40(2)22-43-37-33(50(40)21-27)16-31(45-46-37)28-4-3-5-30(41)36(28)52)42-18-25(23)19-47-10-12-48(13-11-47)26-7-6-24-20-49(39(54)29(24)15-26)32-8-9-34(51)44-38(32)53/h3-7,14-16,18,27,32,52H,8-13,17,19-22H2,1-2H3,(H,43,46)(H,44,51,53)/t27-,32+,40-/m1/s1. The maximum Gasteiger partial charge on any atom is 0.255 e. The lowest BCUT2D eigenvalue weighted by atomic mass is 9.95. The number of aromatic hydroxyl groups is 1. The molecule has 0 bridgehead atoms. The molecule has 0 aliphatic carbocycles. The second-order valence-electron chi connectivity index (χ2n) is 15.5. The van der Waals surface area contributed by atoms with Crippen LogP contribution in [0, 0.1) is 12.7 Å².